The van der Waals surface area contributed by atoms with E-state index in [-0.39, 0.29) is 16.5 Å². The smallest absolute Gasteiger partial charge is 0.244 e. The summed E-state index contributed by atoms with van der Waals surface area (Å²) in [7, 11) is 0. The van der Waals surface area contributed by atoms with Crippen LogP contribution in [0.3, 0.4) is 0 Å². The van der Waals surface area contributed by atoms with Crippen molar-refractivity contribution in [2.45, 2.75) is 45.4 Å². The standard InChI is InChI=1S/C13H18N4O/c1-12(2,3)8-7-17-10(15-11(18)16-17)14-9(8)13(4,5)6/h7H,1H2,2-6H3/p+1. The first kappa shape index (κ1) is 12.7. The predicted molar refractivity (Wildman–Crippen MR) is 70.7 cm³/mol. The largest absolute Gasteiger partial charge is 0.363 e. The molecule has 5 heteroatoms. The second-order valence-electron chi connectivity index (χ2n) is 6.34. The molecule has 0 aliphatic rings. The molecule has 5 nitrogen and oxygen atoms in total. The van der Waals surface area contributed by atoms with Crippen LogP contribution in [-0.4, -0.2) is 19.6 Å². The quantitative estimate of drug-likeness (QED) is 0.782. The summed E-state index contributed by atoms with van der Waals surface area (Å²) in [5, 5.41) is 2.61. The van der Waals surface area contributed by atoms with Gasteiger partial charge in [-0.1, -0.05) is 20.8 Å². The zero-order valence-corrected chi connectivity index (χ0v) is 11.5. The third-order valence-electron chi connectivity index (χ3n) is 2.80. The van der Waals surface area contributed by atoms with Gasteiger partial charge in [0.1, 0.15) is 5.41 Å². The Labute approximate surface area is 106 Å². The highest BCUT2D eigenvalue weighted by Gasteiger charge is 2.32. The fourth-order valence-electron chi connectivity index (χ4n) is 1.91. The molecule has 1 N–H and O–H groups in total. The average Bonchev–Trinajstić information content (AvgIpc) is 2.52. The van der Waals surface area contributed by atoms with E-state index in [4.69, 9.17) is 0 Å². The van der Waals surface area contributed by atoms with Gasteiger partial charge in [-0.2, -0.15) is 4.98 Å². The van der Waals surface area contributed by atoms with Crippen LogP contribution in [0.4, 0.5) is 0 Å². The van der Waals surface area contributed by atoms with E-state index in [0.29, 0.717) is 5.78 Å². The fourth-order valence-corrected chi connectivity index (χ4v) is 1.91. The summed E-state index contributed by atoms with van der Waals surface area (Å²) in [5.41, 5.74) is 1.14. The second kappa shape index (κ2) is 3.60. The van der Waals surface area contributed by atoms with Crippen LogP contribution in [0.5, 0.6) is 0 Å². The number of hydrogen-bond donors (Lipinski definition) is 1. The molecular formula is C13H19N4O+. The molecule has 0 aliphatic heterocycles. The molecule has 2 rings (SSSR count). The third-order valence-corrected chi connectivity index (χ3v) is 2.80. The third kappa shape index (κ3) is 2.12. The van der Waals surface area contributed by atoms with E-state index < -0.39 is 0 Å². The van der Waals surface area contributed by atoms with Crippen LogP contribution in [0, 0.1) is 6.92 Å². The minimum absolute atomic E-state index is 0.124. The molecule has 0 saturated heterocycles. The molecule has 18 heavy (non-hydrogen) atoms. The van der Waals surface area contributed by atoms with E-state index in [9.17, 15) is 4.79 Å². The first-order valence-electron chi connectivity index (χ1n) is 5.95. The number of aromatic amines is 1. The minimum atomic E-state index is -0.388. The lowest BCUT2D eigenvalue weighted by Gasteiger charge is -2.24. The summed E-state index contributed by atoms with van der Waals surface area (Å²) < 4.78 is 1.56. The average molecular weight is 247 g/mol. The number of hydrogen-bond acceptors (Lipinski definition) is 3. The first-order chi connectivity index (χ1) is 8.09. The molecule has 0 unspecified atom stereocenters. The lowest BCUT2D eigenvalue weighted by Crippen LogP contribution is -2.25. The zero-order valence-electron chi connectivity index (χ0n) is 11.5. The Morgan fingerprint density at radius 3 is 2.33 bits per heavy atom. The molecule has 0 spiro atoms. The van der Waals surface area contributed by atoms with Gasteiger partial charge in [-0.3, -0.25) is 0 Å². The predicted octanol–water partition coefficient (Wildman–Crippen LogP) is 1.83. The topological polar surface area (TPSA) is 63.0 Å². The Hall–Kier alpha value is -1.78. The van der Waals surface area contributed by atoms with Crippen LogP contribution in [0.2, 0.25) is 0 Å². The van der Waals surface area contributed by atoms with Gasteiger partial charge in [-0.25, -0.2) is 19.4 Å². The summed E-state index contributed by atoms with van der Waals surface area (Å²) in [6, 6.07) is 0. The summed E-state index contributed by atoms with van der Waals surface area (Å²) >= 11 is 0. The Balaban J connectivity index is 2.84. The minimum Gasteiger partial charge on any atom is -0.244 e. The monoisotopic (exact) mass is 247 g/mol. The fraction of sp³-hybridized carbons (Fsp3) is 0.538. The van der Waals surface area contributed by atoms with Gasteiger partial charge in [0.05, 0.1) is 12.6 Å². The van der Waals surface area contributed by atoms with Gasteiger partial charge < -0.3 is 0 Å². The van der Waals surface area contributed by atoms with Gasteiger partial charge in [-0.15, -0.1) is 0 Å². The molecule has 0 aliphatic carbocycles. The maximum atomic E-state index is 11.3. The molecular weight excluding hydrogens is 228 g/mol. The van der Waals surface area contributed by atoms with Gasteiger partial charge >= 0.3 is 5.69 Å². The highest BCUT2D eigenvalue weighted by molar-refractivity contribution is 5.38. The van der Waals surface area contributed by atoms with Crippen molar-refractivity contribution in [3.8, 4) is 0 Å². The Morgan fingerprint density at radius 2 is 1.83 bits per heavy atom. The summed E-state index contributed by atoms with van der Waals surface area (Å²) in [4.78, 5) is 19.6. The van der Waals surface area contributed by atoms with Crippen LogP contribution in [-0.2, 0) is 10.8 Å². The molecule has 2 aromatic heterocycles. The van der Waals surface area contributed by atoms with E-state index in [1.807, 2.05) is 20.0 Å². The van der Waals surface area contributed by atoms with Crippen LogP contribution in [0.1, 0.15) is 45.9 Å². The number of aromatic nitrogens is 4. The van der Waals surface area contributed by atoms with Crippen LogP contribution in [0.15, 0.2) is 11.0 Å². The Bertz CT molecular complexity index is 584. The van der Waals surface area contributed by atoms with Gasteiger partial charge in [0.25, 0.3) is 5.78 Å². The molecule has 0 fully saturated rings. The number of nitrogens with zero attached hydrogens (tertiary/aromatic N) is 3. The highest BCUT2D eigenvalue weighted by Crippen LogP contribution is 2.31. The maximum absolute atomic E-state index is 11.3. The van der Waals surface area contributed by atoms with Crippen molar-refractivity contribution >= 4 is 5.78 Å². The molecule has 0 amide bonds. The molecule has 0 bridgehead atoms. The van der Waals surface area contributed by atoms with Crippen molar-refractivity contribution < 1.29 is 0 Å². The van der Waals surface area contributed by atoms with E-state index in [1.54, 1.807) is 4.52 Å². The van der Waals surface area contributed by atoms with Crippen molar-refractivity contribution in [1.82, 2.24) is 19.6 Å². The van der Waals surface area contributed by atoms with Crippen LogP contribution in [0.25, 0.3) is 5.78 Å². The van der Waals surface area contributed by atoms with Crippen molar-refractivity contribution in [1.29, 1.82) is 0 Å². The SMILES string of the molecule is [CH2+]C(C)(C)c1cn2[nH]c(=O)nc2nc1C(C)(C)C. The number of nitrogens with one attached hydrogen (secondary N) is 1. The van der Waals surface area contributed by atoms with E-state index >= 15 is 0 Å². The molecule has 96 valence electrons. The molecule has 0 saturated carbocycles. The van der Waals surface area contributed by atoms with Gasteiger partial charge in [0.15, 0.2) is 0 Å². The van der Waals surface area contributed by atoms with Crippen LogP contribution >= 0.6 is 0 Å². The number of H-pyrrole nitrogens is 1. The van der Waals surface area contributed by atoms with E-state index in [1.165, 1.54) is 0 Å². The van der Waals surface area contributed by atoms with Crippen LogP contribution < -0.4 is 5.69 Å². The molecule has 2 aromatic rings. The molecule has 0 radical (unpaired) electrons. The first-order valence-corrected chi connectivity index (χ1v) is 5.95. The van der Waals surface area contributed by atoms with Crippen molar-refractivity contribution in [3.05, 3.63) is 34.9 Å². The molecule has 0 atom stereocenters. The Morgan fingerprint density at radius 1 is 1.22 bits per heavy atom. The maximum Gasteiger partial charge on any atom is 0.363 e. The van der Waals surface area contributed by atoms with Crippen molar-refractivity contribution in [2.75, 3.05) is 0 Å². The summed E-state index contributed by atoms with van der Waals surface area (Å²) in [5.74, 6) is 0.401. The molecule has 0 aromatic carbocycles. The lowest BCUT2D eigenvalue weighted by atomic mass is 9.79. The second-order valence-corrected chi connectivity index (χ2v) is 6.34. The molecule has 2 heterocycles. The highest BCUT2D eigenvalue weighted by atomic mass is 16.1. The van der Waals surface area contributed by atoms with E-state index in [0.717, 1.165) is 11.3 Å². The number of rotatable bonds is 1. The van der Waals surface area contributed by atoms with Crippen molar-refractivity contribution in [3.63, 3.8) is 0 Å². The lowest BCUT2D eigenvalue weighted by molar-refractivity contribution is 0.531. The van der Waals surface area contributed by atoms with E-state index in [2.05, 4.69) is 42.8 Å². The zero-order chi connectivity index (χ0) is 13.7. The summed E-state index contributed by atoms with van der Waals surface area (Å²) in [6.07, 6.45) is 1.87. The normalized spacial score (nSPS) is 13.2. The summed E-state index contributed by atoms with van der Waals surface area (Å²) in [6.45, 7) is 14.5. The van der Waals surface area contributed by atoms with Gasteiger partial charge in [-0.05, 0) is 13.8 Å². The van der Waals surface area contributed by atoms with Crippen molar-refractivity contribution in [2.24, 2.45) is 0 Å². The van der Waals surface area contributed by atoms with Gasteiger partial charge in [0, 0.05) is 17.2 Å². The number of fused-ring (bicyclic) bond motifs is 1. The van der Waals surface area contributed by atoms with Gasteiger partial charge in [0.2, 0.25) is 0 Å². The Kier molecular flexibility index (Phi) is 2.54.